The SMILES string of the molecule is CCCCCC(CC)O[PH](C)=O. The Kier molecular flexibility index (Phi) is 7.94. The van der Waals surface area contributed by atoms with Gasteiger partial charge in [0.2, 0.25) is 0 Å². The Bertz CT molecular complexity index is 126. The van der Waals surface area contributed by atoms with Gasteiger partial charge in [-0.15, -0.1) is 0 Å². The molecule has 0 spiro atoms. The van der Waals surface area contributed by atoms with Crippen LogP contribution in [0.1, 0.15) is 46.0 Å². The Morgan fingerprint density at radius 3 is 2.42 bits per heavy atom. The van der Waals surface area contributed by atoms with E-state index in [9.17, 15) is 4.57 Å². The molecule has 74 valence electrons. The van der Waals surface area contributed by atoms with Gasteiger partial charge >= 0.3 is 0 Å². The van der Waals surface area contributed by atoms with Crippen molar-refractivity contribution in [1.82, 2.24) is 0 Å². The fourth-order valence-corrected chi connectivity index (χ4v) is 1.96. The molecule has 0 saturated heterocycles. The topological polar surface area (TPSA) is 26.3 Å². The summed E-state index contributed by atoms with van der Waals surface area (Å²) in [5.74, 6) is 0. The van der Waals surface area contributed by atoms with Crippen LogP contribution in [-0.2, 0) is 9.09 Å². The van der Waals surface area contributed by atoms with Gasteiger partial charge in [0, 0.05) is 6.66 Å². The predicted octanol–water partition coefficient (Wildman–Crippen LogP) is 3.47. The van der Waals surface area contributed by atoms with E-state index in [1.54, 1.807) is 6.66 Å². The normalized spacial score (nSPS) is 15.9. The molecular weight excluding hydrogens is 171 g/mol. The third-order valence-corrected chi connectivity index (χ3v) is 2.58. The van der Waals surface area contributed by atoms with Gasteiger partial charge in [-0.05, 0) is 12.8 Å². The van der Waals surface area contributed by atoms with Gasteiger partial charge in [0.1, 0.15) is 0 Å². The van der Waals surface area contributed by atoms with Gasteiger partial charge in [-0.25, -0.2) is 0 Å². The summed E-state index contributed by atoms with van der Waals surface area (Å²) in [6, 6.07) is 0. The van der Waals surface area contributed by atoms with Crippen LogP contribution in [0.5, 0.6) is 0 Å². The molecule has 0 aliphatic carbocycles. The van der Waals surface area contributed by atoms with Crippen LogP contribution in [0.4, 0.5) is 0 Å². The van der Waals surface area contributed by atoms with E-state index in [-0.39, 0.29) is 6.10 Å². The van der Waals surface area contributed by atoms with Gasteiger partial charge in [-0.3, -0.25) is 4.57 Å². The summed E-state index contributed by atoms with van der Waals surface area (Å²) in [5, 5.41) is 0. The Balaban J connectivity index is 3.46. The molecule has 2 nitrogen and oxygen atoms in total. The molecule has 0 aliphatic heterocycles. The van der Waals surface area contributed by atoms with Crippen molar-refractivity contribution in [2.24, 2.45) is 0 Å². The number of hydrogen-bond donors (Lipinski definition) is 0. The van der Waals surface area contributed by atoms with Crippen molar-refractivity contribution in [2.75, 3.05) is 6.66 Å². The largest absolute Gasteiger partial charge is 0.327 e. The fraction of sp³-hybridized carbons (Fsp3) is 1.00. The van der Waals surface area contributed by atoms with E-state index in [2.05, 4.69) is 13.8 Å². The molecule has 2 unspecified atom stereocenters. The molecule has 0 saturated carbocycles. The summed E-state index contributed by atoms with van der Waals surface area (Å²) in [7, 11) is -1.73. The summed E-state index contributed by atoms with van der Waals surface area (Å²) in [5.41, 5.74) is 0. The molecule has 0 aliphatic rings. The first-order valence-electron chi connectivity index (χ1n) is 4.87. The summed E-state index contributed by atoms with van der Waals surface area (Å²) in [6.45, 7) is 5.93. The van der Waals surface area contributed by atoms with Crippen LogP contribution >= 0.6 is 8.03 Å². The maximum Gasteiger partial charge on any atom is 0.188 e. The zero-order chi connectivity index (χ0) is 9.40. The molecule has 0 aromatic rings. The lowest BCUT2D eigenvalue weighted by Gasteiger charge is -2.13. The second kappa shape index (κ2) is 7.82. The number of unbranched alkanes of at least 4 members (excludes halogenated alkanes) is 2. The first-order valence-corrected chi connectivity index (χ1v) is 6.69. The Morgan fingerprint density at radius 1 is 1.33 bits per heavy atom. The van der Waals surface area contributed by atoms with Crippen molar-refractivity contribution in [1.29, 1.82) is 0 Å². The van der Waals surface area contributed by atoms with Crippen molar-refractivity contribution >= 4 is 8.03 Å². The fourth-order valence-electron chi connectivity index (χ4n) is 1.20. The monoisotopic (exact) mass is 192 g/mol. The molecule has 0 N–H and O–H groups in total. The molecule has 0 radical (unpaired) electrons. The van der Waals surface area contributed by atoms with Gasteiger partial charge in [-0.2, -0.15) is 0 Å². The Hall–Kier alpha value is 0.190. The van der Waals surface area contributed by atoms with E-state index >= 15 is 0 Å². The maximum atomic E-state index is 10.8. The molecule has 0 aromatic carbocycles. The molecule has 0 heterocycles. The molecule has 12 heavy (non-hydrogen) atoms. The van der Waals surface area contributed by atoms with Crippen LogP contribution in [0.3, 0.4) is 0 Å². The molecular formula is C9H21O2P. The third kappa shape index (κ3) is 6.87. The smallest absolute Gasteiger partial charge is 0.188 e. The first-order chi connectivity index (χ1) is 5.70. The van der Waals surface area contributed by atoms with Gasteiger partial charge in [0.15, 0.2) is 8.03 Å². The van der Waals surface area contributed by atoms with Crippen molar-refractivity contribution in [3.05, 3.63) is 0 Å². The van der Waals surface area contributed by atoms with Crippen molar-refractivity contribution in [3.63, 3.8) is 0 Å². The molecule has 2 atom stereocenters. The van der Waals surface area contributed by atoms with Crippen LogP contribution in [0.15, 0.2) is 0 Å². The molecule has 3 heteroatoms. The minimum absolute atomic E-state index is 0.230. The molecule has 0 fully saturated rings. The second-order valence-electron chi connectivity index (χ2n) is 3.14. The lowest BCUT2D eigenvalue weighted by Crippen LogP contribution is -2.06. The van der Waals surface area contributed by atoms with Gasteiger partial charge in [0.05, 0.1) is 6.10 Å². The molecule has 0 amide bonds. The summed E-state index contributed by atoms with van der Waals surface area (Å²) >= 11 is 0. The first kappa shape index (κ1) is 12.2. The predicted molar refractivity (Wildman–Crippen MR) is 54.2 cm³/mol. The Morgan fingerprint density at radius 2 is 2.00 bits per heavy atom. The minimum Gasteiger partial charge on any atom is -0.327 e. The van der Waals surface area contributed by atoms with E-state index in [0.717, 1.165) is 12.8 Å². The van der Waals surface area contributed by atoms with Crippen molar-refractivity contribution < 1.29 is 9.09 Å². The maximum absolute atomic E-state index is 10.8. The third-order valence-electron chi connectivity index (χ3n) is 1.92. The van der Waals surface area contributed by atoms with Crippen molar-refractivity contribution in [2.45, 2.75) is 52.1 Å². The van der Waals surface area contributed by atoms with Gasteiger partial charge < -0.3 is 4.52 Å². The van der Waals surface area contributed by atoms with Crippen LogP contribution in [0.25, 0.3) is 0 Å². The van der Waals surface area contributed by atoms with Gasteiger partial charge in [0.25, 0.3) is 0 Å². The second-order valence-corrected chi connectivity index (χ2v) is 4.35. The van der Waals surface area contributed by atoms with E-state index in [0.29, 0.717) is 0 Å². The lowest BCUT2D eigenvalue weighted by molar-refractivity contribution is 0.196. The van der Waals surface area contributed by atoms with Gasteiger partial charge in [-0.1, -0.05) is 33.1 Å². The lowest BCUT2D eigenvalue weighted by atomic mass is 10.1. The highest BCUT2D eigenvalue weighted by atomic mass is 31.1. The highest BCUT2D eigenvalue weighted by Gasteiger charge is 2.06. The highest BCUT2D eigenvalue weighted by molar-refractivity contribution is 7.38. The minimum atomic E-state index is -1.73. The zero-order valence-electron chi connectivity index (χ0n) is 8.43. The Labute approximate surface area is 76.6 Å². The zero-order valence-corrected chi connectivity index (χ0v) is 9.43. The average molecular weight is 192 g/mol. The van der Waals surface area contributed by atoms with E-state index in [1.165, 1.54) is 19.3 Å². The summed E-state index contributed by atoms with van der Waals surface area (Å²) in [6.07, 6.45) is 5.96. The summed E-state index contributed by atoms with van der Waals surface area (Å²) < 4.78 is 16.1. The van der Waals surface area contributed by atoms with Crippen LogP contribution < -0.4 is 0 Å². The van der Waals surface area contributed by atoms with Crippen LogP contribution in [0, 0.1) is 0 Å². The van der Waals surface area contributed by atoms with Crippen LogP contribution in [-0.4, -0.2) is 12.8 Å². The quantitative estimate of drug-likeness (QED) is 0.456. The summed E-state index contributed by atoms with van der Waals surface area (Å²) in [4.78, 5) is 0. The number of rotatable bonds is 7. The standard InChI is InChI=1S/C9H21O2P/c1-4-6-7-8-9(5-2)11-12(3)10/h9,12H,4-8H2,1-3H3. The highest BCUT2D eigenvalue weighted by Crippen LogP contribution is 2.23. The van der Waals surface area contributed by atoms with Crippen LogP contribution in [0.2, 0.25) is 0 Å². The average Bonchev–Trinajstić information content (AvgIpc) is 2.02. The molecule has 0 rings (SSSR count). The van der Waals surface area contributed by atoms with E-state index < -0.39 is 8.03 Å². The van der Waals surface area contributed by atoms with E-state index in [1.807, 2.05) is 0 Å². The van der Waals surface area contributed by atoms with E-state index in [4.69, 9.17) is 4.52 Å². The molecule has 0 bridgehead atoms. The van der Waals surface area contributed by atoms with Crippen molar-refractivity contribution in [3.8, 4) is 0 Å². The number of hydrogen-bond acceptors (Lipinski definition) is 2. The molecule has 0 aromatic heterocycles.